The van der Waals surface area contributed by atoms with Crippen molar-refractivity contribution < 1.29 is 23.4 Å². The van der Waals surface area contributed by atoms with Gasteiger partial charge in [-0.25, -0.2) is 8.78 Å². The third-order valence-electron chi connectivity index (χ3n) is 4.49. The minimum atomic E-state index is -1.21. The predicted octanol–water partition coefficient (Wildman–Crippen LogP) is 3.38. The highest BCUT2D eigenvalue weighted by molar-refractivity contribution is 5.24. The second-order valence-electron chi connectivity index (χ2n) is 6.87. The third-order valence-corrected chi connectivity index (χ3v) is 4.49. The summed E-state index contributed by atoms with van der Waals surface area (Å²) in [5.74, 6) is -1.33. The molecule has 1 atom stereocenters. The molecule has 1 N–H and O–H groups in total. The number of rotatable bonds is 8. The van der Waals surface area contributed by atoms with Gasteiger partial charge in [-0.15, -0.1) is 0 Å². The van der Waals surface area contributed by atoms with Crippen LogP contribution in [0.25, 0.3) is 0 Å². The van der Waals surface area contributed by atoms with Crippen molar-refractivity contribution in [2.24, 2.45) is 0 Å². The first-order valence-corrected chi connectivity index (χ1v) is 9.09. The summed E-state index contributed by atoms with van der Waals surface area (Å²) in [5, 5.41) is 10.9. The van der Waals surface area contributed by atoms with Crippen molar-refractivity contribution in [2.45, 2.75) is 51.2 Å². The van der Waals surface area contributed by atoms with Crippen LogP contribution in [0.5, 0.6) is 5.75 Å². The van der Waals surface area contributed by atoms with Crippen LogP contribution >= 0.6 is 0 Å². The Bertz CT molecular complexity index is 517. The maximum Gasteiger partial charge on any atom is 0.134 e. The van der Waals surface area contributed by atoms with Crippen molar-refractivity contribution in [2.75, 3.05) is 32.9 Å². The van der Waals surface area contributed by atoms with Gasteiger partial charge in [-0.05, 0) is 12.8 Å². The number of hydrogen-bond acceptors (Lipinski definition) is 4. The molecule has 1 heterocycles. The van der Waals surface area contributed by atoms with Crippen molar-refractivity contribution in [1.29, 1.82) is 0 Å². The molecule has 1 saturated heterocycles. The van der Waals surface area contributed by atoms with Gasteiger partial charge in [-0.2, -0.15) is 0 Å². The molecule has 0 spiro atoms. The smallest absolute Gasteiger partial charge is 0.134 e. The van der Waals surface area contributed by atoms with Crippen molar-refractivity contribution in [3.8, 4) is 5.75 Å². The fourth-order valence-corrected chi connectivity index (χ4v) is 3.35. The minimum Gasteiger partial charge on any atom is -0.490 e. The van der Waals surface area contributed by atoms with Gasteiger partial charge in [0.05, 0.1) is 13.2 Å². The highest BCUT2D eigenvalue weighted by Crippen LogP contribution is 2.22. The Morgan fingerprint density at radius 2 is 1.84 bits per heavy atom. The SMILES string of the molecule is CCCC(CCC)N1CCOC[C@@](O)(COc2cc(F)cc(F)c2)C1. The zero-order valence-corrected chi connectivity index (χ0v) is 15.1. The fraction of sp³-hybridized carbons (Fsp3) is 0.684. The number of ether oxygens (including phenoxy) is 2. The van der Waals surface area contributed by atoms with Gasteiger partial charge in [0.1, 0.15) is 29.6 Å². The lowest BCUT2D eigenvalue weighted by Crippen LogP contribution is -2.51. The lowest BCUT2D eigenvalue weighted by molar-refractivity contribution is -0.0677. The van der Waals surface area contributed by atoms with Gasteiger partial charge in [-0.1, -0.05) is 26.7 Å². The molecule has 1 aromatic carbocycles. The molecule has 0 aliphatic carbocycles. The Kier molecular flexibility index (Phi) is 7.59. The van der Waals surface area contributed by atoms with E-state index in [2.05, 4.69) is 18.7 Å². The summed E-state index contributed by atoms with van der Waals surface area (Å²) in [6.45, 7) is 6.14. The maximum atomic E-state index is 13.3. The fourth-order valence-electron chi connectivity index (χ4n) is 3.35. The highest BCUT2D eigenvalue weighted by atomic mass is 19.1. The van der Waals surface area contributed by atoms with E-state index in [1.54, 1.807) is 0 Å². The van der Waals surface area contributed by atoms with Gasteiger partial charge in [0, 0.05) is 37.3 Å². The molecule has 0 amide bonds. The average molecular weight is 357 g/mol. The summed E-state index contributed by atoms with van der Waals surface area (Å²) in [6, 6.07) is 3.41. The normalized spacial score (nSPS) is 22.2. The van der Waals surface area contributed by atoms with Gasteiger partial charge >= 0.3 is 0 Å². The van der Waals surface area contributed by atoms with Crippen LogP contribution in [0.3, 0.4) is 0 Å². The van der Waals surface area contributed by atoms with Crippen LogP contribution in [0.4, 0.5) is 8.78 Å². The third kappa shape index (κ3) is 6.20. The van der Waals surface area contributed by atoms with Crippen LogP contribution in [-0.2, 0) is 4.74 Å². The molecule has 2 rings (SSSR count). The Balaban J connectivity index is 2.03. The number of halogens is 2. The van der Waals surface area contributed by atoms with E-state index >= 15 is 0 Å². The summed E-state index contributed by atoms with van der Waals surface area (Å²) in [4.78, 5) is 2.26. The molecular weight excluding hydrogens is 328 g/mol. The van der Waals surface area contributed by atoms with Crippen molar-refractivity contribution in [3.63, 3.8) is 0 Å². The first-order chi connectivity index (χ1) is 12.0. The molecule has 142 valence electrons. The molecule has 0 aromatic heterocycles. The molecule has 0 saturated carbocycles. The van der Waals surface area contributed by atoms with E-state index in [9.17, 15) is 13.9 Å². The van der Waals surface area contributed by atoms with E-state index < -0.39 is 17.2 Å². The van der Waals surface area contributed by atoms with Crippen LogP contribution < -0.4 is 4.74 Å². The number of nitrogens with zero attached hydrogens (tertiary/aromatic N) is 1. The largest absolute Gasteiger partial charge is 0.490 e. The minimum absolute atomic E-state index is 0.0698. The molecule has 6 heteroatoms. The standard InChI is InChI=1S/C19H29F2NO3/c1-3-5-17(6-4-2)22-7-8-24-13-19(23,12-22)14-25-18-10-15(20)9-16(21)11-18/h9-11,17,23H,3-8,12-14H2,1-2H3/t19-/m1/s1. The quantitative estimate of drug-likeness (QED) is 0.775. The summed E-state index contributed by atoms with van der Waals surface area (Å²) < 4.78 is 37.6. The van der Waals surface area contributed by atoms with Crippen LogP contribution in [0, 0.1) is 11.6 Å². The van der Waals surface area contributed by atoms with E-state index in [1.165, 1.54) is 0 Å². The van der Waals surface area contributed by atoms with Crippen LogP contribution in [0.1, 0.15) is 39.5 Å². The Morgan fingerprint density at radius 1 is 1.20 bits per heavy atom. The van der Waals surface area contributed by atoms with E-state index in [0.717, 1.165) is 50.4 Å². The van der Waals surface area contributed by atoms with Gasteiger partial charge in [-0.3, -0.25) is 4.90 Å². The van der Waals surface area contributed by atoms with Crippen molar-refractivity contribution >= 4 is 0 Å². The topological polar surface area (TPSA) is 41.9 Å². The van der Waals surface area contributed by atoms with Gasteiger partial charge < -0.3 is 14.6 Å². The first kappa shape index (κ1) is 20.1. The van der Waals surface area contributed by atoms with Crippen molar-refractivity contribution in [1.82, 2.24) is 4.90 Å². The highest BCUT2D eigenvalue weighted by Gasteiger charge is 2.35. The molecule has 0 unspecified atom stereocenters. The summed E-state index contributed by atoms with van der Waals surface area (Å²) in [6.07, 6.45) is 4.30. The second kappa shape index (κ2) is 9.46. The van der Waals surface area contributed by atoms with E-state index in [-0.39, 0.29) is 19.0 Å². The molecule has 1 aliphatic heterocycles. The molecule has 25 heavy (non-hydrogen) atoms. The Morgan fingerprint density at radius 3 is 2.44 bits per heavy atom. The zero-order chi connectivity index (χ0) is 18.3. The Labute approximate surface area is 148 Å². The van der Waals surface area contributed by atoms with Gasteiger partial charge in [0.25, 0.3) is 0 Å². The average Bonchev–Trinajstić information content (AvgIpc) is 2.74. The molecule has 4 nitrogen and oxygen atoms in total. The zero-order valence-electron chi connectivity index (χ0n) is 15.1. The molecule has 1 aromatic rings. The molecule has 0 bridgehead atoms. The van der Waals surface area contributed by atoms with Crippen LogP contribution in [-0.4, -0.2) is 54.6 Å². The summed E-state index contributed by atoms with van der Waals surface area (Å²) in [5.41, 5.74) is -1.21. The second-order valence-corrected chi connectivity index (χ2v) is 6.87. The maximum absolute atomic E-state index is 13.3. The molecule has 1 aliphatic rings. The number of aliphatic hydroxyl groups is 1. The molecular formula is C19H29F2NO3. The van der Waals surface area contributed by atoms with Crippen LogP contribution in [0.2, 0.25) is 0 Å². The summed E-state index contributed by atoms with van der Waals surface area (Å²) in [7, 11) is 0. The monoisotopic (exact) mass is 357 g/mol. The van der Waals surface area contributed by atoms with Crippen LogP contribution in [0.15, 0.2) is 18.2 Å². The lowest BCUT2D eigenvalue weighted by Gasteiger charge is -2.35. The van der Waals surface area contributed by atoms with Gasteiger partial charge in [0.15, 0.2) is 0 Å². The molecule has 1 fully saturated rings. The number of β-amino-alcohol motifs (C(OH)–C–C–N with tert-alkyl or cyclic N) is 1. The number of hydrogen-bond donors (Lipinski definition) is 1. The number of benzene rings is 1. The van der Waals surface area contributed by atoms with Gasteiger partial charge in [0.2, 0.25) is 0 Å². The predicted molar refractivity (Wildman–Crippen MR) is 92.8 cm³/mol. The van der Waals surface area contributed by atoms with E-state index in [4.69, 9.17) is 9.47 Å². The lowest BCUT2D eigenvalue weighted by atomic mass is 10.0. The Hall–Kier alpha value is -1.24. The first-order valence-electron chi connectivity index (χ1n) is 9.09. The molecule has 0 radical (unpaired) electrons. The van der Waals surface area contributed by atoms with E-state index in [0.29, 0.717) is 19.2 Å². The van der Waals surface area contributed by atoms with E-state index in [1.807, 2.05) is 0 Å². The van der Waals surface area contributed by atoms with Crippen molar-refractivity contribution in [3.05, 3.63) is 29.8 Å². The summed E-state index contributed by atoms with van der Waals surface area (Å²) >= 11 is 0.